The van der Waals surface area contributed by atoms with E-state index in [4.69, 9.17) is 11.5 Å². The number of allylic oxidation sites excluding steroid dienone is 1. The van der Waals surface area contributed by atoms with Crippen LogP contribution >= 0.6 is 0 Å². The molecule has 0 aromatic carbocycles. The zero-order valence-electron chi connectivity index (χ0n) is 5.89. The summed E-state index contributed by atoms with van der Waals surface area (Å²) in [6.45, 7) is 3.86. The van der Waals surface area contributed by atoms with Crippen molar-refractivity contribution in [3.63, 3.8) is 0 Å². The Morgan fingerprint density at radius 3 is 2.67 bits per heavy atom. The van der Waals surface area contributed by atoms with Crippen molar-refractivity contribution < 1.29 is 5.11 Å². The van der Waals surface area contributed by atoms with Gasteiger partial charge in [0.05, 0.1) is 6.10 Å². The van der Waals surface area contributed by atoms with E-state index in [-0.39, 0.29) is 0 Å². The van der Waals surface area contributed by atoms with E-state index in [0.29, 0.717) is 6.42 Å². The summed E-state index contributed by atoms with van der Waals surface area (Å²) >= 11 is 0. The van der Waals surface area contributed by atoms with Crippen LogP contribution in [0.1, 0.15) is 20.3 Å². The van der Waals surface area contributed by atoms with E-state index in [1.165, 1.54) is 0 Å². The highest BCUT2D eigenvalue weighted by Crippen LogP contribution is 1.96. The van der Waals surface area contributed by atoms with Crippen molar-refractivity contribution in [2.24, 2.45) is 0 Å². The molecule has 0 heterocycles. The number of aliphatic hydroxyl groups excluding tert-OH is 1. The summed E-state index contributed by atoms with van der Waals surface area (Å²) in [4.78, 5) is 0. The van der Waals surface area contributed by atoms with Crippen molar-refractivity contribution in [1.29, 1.82) is 0 Å². The minimum Gasteiger partial charge on any atom is -0.388 e. The molecule has 0 aliphatic carbocycles. The summed E-state index contributed by atoms with van der Waals surface area (Å²) in [7, 11) is 0. The first-order valence-corrected chi connectivity index (χ1v) is 2.93. The topological polar surface area (TPSA) is 20.2 Å². The van der Waals surface area contributed by atoms with E-state index < -0.39 is 6.10 Å². The van der Waals surface area contributed by atoms with Crippen LogP contribution in [0.15, 0.2) is 11.6 Å². The summed E-state index contributed by atoms with van der Waals surface area (Å²) in [6.07, 6.45) is 6.67. The molecule has 0 aromatic rings. The Labute approximate surface area is 56.4 Å². The zero-order chi connectivity index (χ0) is 7.28. The molecule has 0 radical (unpaired) electrons. The molecule has 0 bridgehead atoms. The Kier molecular flexibility index (Phi) is 3.83. The van der Waals surface area contributed by atoms with Gasteiger partial charge in [-0.1, -0.05) is 11.6 Å². The van der Waals surface area contributed by atoms with Crippen LogP contribution in [0.3, 0.4) is 0 Å². The van der Waals surface area contributed by atoms with Crippen molar-refractivity contribution >= 4 is 0 Å². The van der Waals surface area contributed by atoms with Gasteiger partial charge < -0.3 is 5.11 Å². The molecule has 0 aromatic heterocycles. The molecule has 0 aliphatic rings. The average Bonchev–Trinajstić information content (AvgIpc) is 1.63. The van der Waals surface area contributed by atoms with Crippen LogP contribution < -0.4 is 0 Å². The van der Waals surface area contributed by atoms with Crippen LogP contribution in [0.5, 0.6) is 0 Å². The summed E-state index contributed by atoms with van der Waals surface area (Å²) in [6, 6.07) is 0. The number of terminal acetylenes is 1. The SMILES string of the molecule is C#CC[C@@H](O)C=C(C)C. The van der Waals surface area contributed by atoms with Crippen molar-refractivity contribution in [2.45, 2.75) is 26.4 Å². The van der Waals surface area contributed by atoms with Gasteiger partial charge in [0.1, 0.15) is 0 Å². The van der Waals surface area contributed by atoms with Crippen molar-refractivity contribution in [2.75, 3.05) is 0 Å². The van der Waals surface area contributed by atoms with Crippen molar-refractivity contribution in [3.05, 3.63) is 11.6 Å². The van der Waals surface area contributed by atoms with Crippen molar-refractivity contribution in [3.8, 4) is 12.3 Å². The Balaban J connectivity index is 3.65. The third-order valence-electron chi connectivity index (χ3n) is 0.853. The predicted molar refractivity (Wildman–Crippen MR) is 38.9 cm³/mol. The number of rotatable bonds is 2. The first-order chi connectivity index (χ1) is 4.16. The highest BCUT2D eigenvalue weighted by molar-refractivity contribution is 5.02. The highest BCUT2D eigenvalue weighted by atomic mass is 16.3. The largest absolute Gasteiger partial charge is 0.388 e. The fourth-order valence-electron chi connectivity index (χ4n) is 0.564. The molecule has 0 fully saturated rings. The Hall–Kier alpha value is -0.740. The maximum absolute atomic E-state index is 9.00. The van der Waals surface area contributed by atoms with Gasteiger partial charge in [-0.2, -0.15) is 0 Å². The van der Waals surface area contributed by atoms with Gasteiger partial charge in [0.15, 0.2) is 0 Å². The normalized spacial score (nSPS) is 11.8. The quantitative estimate of drug-likeness (QED) is 0.435. The average molecular weight is 124 g/mol. The molecule has 0 unspecified atom stereocenters. The molecule has 9 heavy (non-hydrogen) atoms. The summed E-state index contributed by atoms with van der Waals surface area (Å²) in [5.74, 6) is 2.38. The fourth-order valence-corrected chi connectivity index (χ4v) is 0.564. The summed E-state index contributed by atoms with van der Waals surface area (Å²) in [5, 5.41) is 9.00. The van der Waals surface area contributed by atoms with E-state index >= 15 is 0 Å². The van der Waals surface area contributed by atoms with Gasteiger partial charge in [-0.25, -0.2) is 0 Å². The Morgan fingerprint density at radius 1 is 1.78 bits per heavy atom. The molecule has 1 atom stereocenters. The molecular weight excluding hydrogens is 112 g/mol. The number of aliphatic hydroxyl groups is 1. The summed E-state index contributed by atoms with van der Waals surface area (Å²) < 4.78 is 0. The third-order valence-corrected chi connectivity index (χ3v) is 0.853. The van der Waals surface area contributed by atoms with Gasteiger partial charge in [-0.05, 0) is 13.8 Å². The first kappa shape index (κ1) is 8.26. The molecular formula is C8H12O. The molecule has 0 aliphatic heterocycles. The van der Waals surface area contributed by atoms with Crippen LogP contribution in [0.25, 0.3) is 0 Å². The van der Waals surface area contributed by atoms with Crippen LogP contribution in [0.4, 0.5) is 0 Å². The molecule has 1 heteroatoms. The third kappa shape index (κ3) is 5.13. The van der Waals surface area contributed by atoms with Crippen LogP contribution in [0.2, 0.25) is 0 Å². The second-order valence-electron chi connectivity index (χ2n) is 2.22. The molecule has 50 valence electrons. The monoisotopic (exact) mass is 124 g/mol. The standard InChI is InChI=1S/C8H12O/c1-4-5-8(9)6-7(2)3/h1,6,8-9H,5H2,2-3H3/t8-/m1/s1. The van der Waals surface area contributed by atoms with E-state index in [2.05, 4.69) is 5.92 Å². The second-order valence-corrected chi connectivity index (χ2v) is 2.22. The van der Waals surface area contributed by atoms with Crippen LogP contribution in [0, 0.1) is 12.3 Å². The smallest absolute Gasteiger partial charge is 0.0832 e. The highest BCUT2D eigenvalue weighted by Gasteiger charge is 1.93. The van der Waals surface area contributed by atoms with E-state index in [0.717, 1.165) is 5.57 Å². The van der Waals surface area contributed by atoms with Gasteiger partial charge in [0.2, 0.25) is 0 Å². The number of hydrogen-bond acceptors (Lipinski definition) is 1. The maximum atomic E-state index is 9.00. The summed E-state index contributed by atoms with van der Waals surface area (Å²) in [5.41, 5.74) is 1.10. The minimum atomic E-state index is -0.458. The van der Waals surface area contributed by atoms with Crippen molar-refractivity contribution in [1.82, 2.24) is 0 Å². The lowest BCUT2D eigenvalue weighted by Crippen LogP contribution is -1.99. The molecule has 0 saturated carbocycles. The molecule has 0 rings (SSSR count). The lowest BCUT2D eigenvalue weighted by molar-refractivity contribution is 0.228. The molecule has 0 saturated heterocycles. The fraction of sp³-hybridized carbons (Fsp3) is 0.500. The Morgan fingerprint density at radius 2 is 2.33 bits per heavy atom. The minimum absolute atomic E-state index is 0.408. The van der Waals surface area contributed by atoms with E-state index in [1.54, 1.807) is 6.08 Å². The second kappa shape index (κ2) is 4.17. The van der Waals surface area contributed by atoms with E-state index in [1.807, 2.05) is 13.8 Å². The maximum Gasteiger partial charge on any atom is 0.0832 e. The van der Waals surface area contributed by atoms with Crippen LogP contribution in [-0.4, -0.2) is 11.2 Å². The van der Waals surface area contributed by atoms with Crippen LogP contribution in [-0.2, 0) is 0 Å². The van der Waals surface area contributed by atoms with Gasteiger partial charge >= 0.3 is 0 Å². The van der Waals surface area contributed by atoms with E-state index in [9.17, 15) is 0 Å². The van der Waals surface area contributed by atoms with Gasteiger partial charge in [-0.15, -0.1) is 12.3 Å². The van der Waals surface area contributed by atoms with Gasteiger partial charge in [-0.3, -0.25) is 0 Å². The number of hydrogen-bond donors (Lipinski definition) is 1. The molecule has 0 amide bonds. The van der Waals surface area contributed by atoms with Gasteiger partial charge in [0.25, 0.3) is 0 Å². The first-order valence-electron chi connectivity index (χ1n) is 2.93. The molecule has 1 N–H and O–H groups in total. The Bertz CT molecular complexity index is 135. The predicted octanol–water partition coefficient (Wildman–Crippen LogP) is 1.34. The lowest BCUT2D eigenvalue weighted by atomic mass is 10.2. The molecule has 1 nitrogen and oxygen atoms in total. The molecule has 0 spiro atoms. The lowest BCUT2D eigenvalue weighted by Gasteiger charge is -1.98. The van der Waals surface area contributed by atoms with Gasteiger partial charge in [0, 0.05) is 6.42 Å². The zero-order valence-corrected chi connectivity index (χ0v) is 5.89.